The maximum atomic E-state index is 5.39. The van der Waals surface area contributed by atoms with Gasteiger partial charge < -0.3 is 9.13 Å². The Balaban J connectivity index is 0.987. The average molecular weight is 759 g/mol. The van der Waals surface area contributed by atoms with Crippen molar-refractivity contribution in [1.82, 2.24) is 9.13 Å². The standard InChI is InChI=1S/C55H42N4/c1-2-37-36-49(38-16-6-3-7-17-38)56-55(40-18-8-4-9-19-40)57-54(37)39-26-30-44(31-27-39)59-51-25-15-13-23-46(51)48-35-42(29-33-53(48)59)41-28-32-52-47(34-41)45-22-12-14-24-50(45)58(52)43-20-10-5-11-21-43/h3-35,37,49H,2,36H2,1H3. The Bertz CT molecular complexity index is 3210. The Morgan fingerprint density at radius 2 is 0.915 bits per heavy atom. The smallest absolute Gasteiger partial charge is 0.155 e. The fraction of sp³-hybridized carbons (Fsp3) is 0.0909. The molecular formula is C55H42N4. The van der Waals surface area contributed by atoms with Gasteiger partial charge in [0.1, 0.15) is 0 Å². The molecule has 0 saturated heterocycles. The van der Waals surface area contributed by atoms with E-state index in [4.69, 9.17) is 9.98 Å². The highest BCUT2D eigenvalue weighted by Gasteiger charge is 2.27. The van der Waals surface area contributed by atoms with Gasteiger partial charge in [0.25, 0.3) is 0 Å². The quantitative estimate of drug-likeness (QED) is 0.155. The number of fused-ring (bicyclic) bond motifs is 6. The average Bonchev–Trinajstić information content (AvgIpc) is 3.73. The summed E-state index contributed by atoms with van der Waals surface area (Å²) >= 11 is 0. The van der Waals surface area contributed by atoms with Crippen LogP contribution in [0.2, 0.25) is 0 Å². The van der Waals surface area contributed by atoms with Gasteiger partial charge in [-0.05, 0) is 95.8 Å². The van der Waals surface area contributed by atoms with E-state index < -0.39 is 0 Å². The number of aliphatic imine (C=N–C) groups is 2. The lowest BCUT2D eigenvalue weighted by Crippen LogP contribution is -2.17. The lowest BCUT2D eigenvalue weighted by atomic mass is 9.87. The summed E-state index contributed by atoms with van der Waals surface area (Å²) in [5.74, 6) is 1.06. The van der Waals surface area contributed by atoms with E-state index in [0.29, 0.717) is 0 Å². The molecule has 59 heavy (non-hydrogen) atoms. The monoisotopic (exact) mass is 758 g/mol. The molecule has 0 saturated carbocycles. The van der Waals surface area contributed by atoms with E-state index >= 15 is 0 Å². The second kappa shape index (κ2) is 14.6. The summed E-state index contributed by atoms with van der Waals surface area (Å²) in [6.45, 7) is 2.28. The zero-order valence-corrected chi connectivity index (χ0v) is 32.9. The first-order valence-electron chi connectivity index (χ1n) is 20.7. The summed E-state index contributed by atoms with van der Waals surface area (Å²) in [4.78, 5) is 10.7. The molecule has 2 atom stereocenters. The van der Waals surface area contributed by atoms with Crippen LogP contribution in [0, 0.1) is 5.92 Å². The molecule has 1 aliphatic rings. The molecule has 4 nitrogen and oxygen atoms in total. The zero-order valence-electron chi connectivity index (χ0n) is 32.9. The number of aromatic nitrogens is 2. The van der Waals surface area contributed by atoms with Gasteiger partial charge in [-0.25, -0.2) is 4.99 Å². The highest BCUT2D eigenvalue weighted by atomic mass is 15.0. The fourth-order valence-electron chi connectivity index (χ4n) is 9.31. The highest BCUT2D eigenvalue weighted by molar-refractivity contribution is 6.15. The Hall–Kier alpha value is -7.30. The molecule has 1 aliphatic heterocycles. The van der Waals surface area contributed by atoms with Crippen molar-refractivity contribution in [3.8, 4) is 22.5 Å². The Labute approximate surface area is 344 Å². The van der Waals surface area contributed by atoms with Crippen LogP contribution in [-0.4, -0.2) is 20.7 Å². The molecule has 2 unspecified atom stereocenters. The summed E-state index contributed by atoms with van der Waals surface area (Å²) in [5.41, 5.74) is 14.0. The van der Waals surface area contributed by atoms with Crippen LogP contribution in [0.1, 0.15) is 42.5 Å². The molecule has 0 fully saturated rings. The predicted molar refractivity (Wildman–Crippen MR) is 248 cm³/mol. The van der Waals surface area contributed by atoms with Crippen molar-refractivity contribution >= 4 is 55.2 Å². The van der Waals surface area contributed by atoms with E-state index in [-0.39, 0.29) is 12.0 Å². The van der Waals surface area contributed by atoms with Crippen LogP contribution < -0.4 is 0 Å². The molecule has 282 valence electrons. The number of nitrogens with zero attached hydrogens (tertiary/aromatic N) is 4. The number of hydrogen-bond acceptors (Lipinski definition) is 2. The Morgan fingerprint density at radius 3 is 1.49 bits per heavy atom. The number of para-hydroxylation sites is 3. The molecule has 0 aliphatic carbocycles. The van der Waals surface area contributed by atoms with E-state index in [1.54, 1.807) is 0 Å². The van der Waals surface area contributed by atoms with Gasteiger partial charge in [-0.15, -0.1) is 0 Å². The van der Waals surface area contributed by atoms with Gasteiger partial charge in [0.15, 0.2) is 5.84 Å². The lowest BCUT2D eigenvalue weighted by molar-refractivity contribution is 0.535. The summed E-state index contributed by atoms with van der Waals surface area (Å²) in [7, 11) is 0. The van der Waals surface area contributed by atoms with Gasteiger partial charge in [-0.1, -0.05) is 146 Å². The zero-order chi connectivity index (χ0) is 39.3. The van der Waals surface area contributed by atoms with Gasteiger partial charge >= 0.3 is 0 Å². The summed E-state index contributed by atoms with van der Waals surface area (Å²) in [6.07, 6.45) is 1.90. The second-order valence-electron chi connectivity index (χ2n) is 15.6. The Morgan fingerprint density at radius 1 is 0.441 bits per heavy atom. The van der Waals surface area contributed by atoms with Crippen molar-refractivity contribution < 1.29 is 0 Å². The molecule has 8 aromatic carbocycles. The van der Waals surface area contributed by atoms with Crippen molar-refractivity contribution in [1.29, 1.82) is 0 Å². The summed E-state index contributed by atoms with van der Waals surface area (Å²) in [5, 5.41) is 4.99. The fourth-order valence-corrected chi connectivity index (χ4v) is 9.31. The van der Waals surface area contributed by atoms with Crippen LogP contribution in [-0.2, 0) is 0 Å². The van der Waals surface area contributed by atoms with Crippen molar-refractivity contribution in [2.45, 2.75) is 25.8 Å². The largest absolute Gasteiger partial charge is 0.309 e. The minimum Gasteiger partial charge on any atom is -0.309 e. The lowest BCUT2D eigenvalue weighted by Gasteiger charge is -2.20. The second-order valence-corrected chi connectivity index (χ2v) is 15.6. The molecule has 0 bridgehead atoms. The van der Waals surface area contributed by atoms with E-state index in [1.165, 1.54) is 66.0 Å². The van der Waals surface area contributed by atoms with Crippen LogP contribution >= 0.6 is 0 Å². The number of hydrogen-bond donors (Lipinski definition) is 0. The van der Waals surface area contributed by atoms with Crippen molar-refractivity contribution in [2.75, 3.05) is 0 Å². The van der Waals surface area contributed by atoms with Crippen LogP contribution in [0.3, 0.4) is 0 Å². The third-order valence-electron chi connectivity index (χ3n) is 12.2. The van der Waals surface area contributed by atoms with Crippen LogP contribution in [0.5, 0.6) is 0 Å². The van der Waals surface area contributed by atoms with Crippen molar-refractivity contribution in [3.63, 3.8) is 0 Å². The first-order valence-corrected chi connectivity index (χ1v) is 20.7. The third kappa shape index (κ3) is 6.07. The minimum absolute atomic E-state index is 0.0379. The van der Waals surface area contributed by atoms with Gasteiger partial charge in [-0.3, -0.25) is 4.99 Å². The Kier molecular flexibility index (Phi) is 8.62. The predicted octanol–water partition coefficient (Wildman–Crippen LogP) is 14.0. The normalized spacial score (nSPS) is 15.7. The number of rotatable bonds is 7. The SMILES string of the molecule is CCC1CC(c2ccccc2)N=C(c2ccccc2)N=C1c1ccc(-n2c3ccccc3c3cc(-c4ccc5c(c4)c4ccccc4n5-c4ccccc4)ccc32)cc1. The molecule has 0 radical (unpaired) electrons. The number of benzene rings is 8. The van der Waals surface area contributed by atoms with Gasteiger partial charge in [0, 0.05) is 44.4 Å². The molecular weight excluding hydrogens is 717 g/mol. The van der Waals surface area contributed by atoms with Gasteiger partial charge in [0.2, 0.25) is 0 Å². The van der Waals surface area contributed by atoms with E-state index in [9.17, 15) is 0 Å². The van der Waals surface area contributed by atoms with E-state index in [1.807, 2.05) is 0 Å². The third-order valence-corrected chi connectivity index (χ3v) is 12.2. The first kappa shape index (κ1) is 34.9. The summed E-state index contributed by atoms with van der Waals surface area (Å²) in [6, 6.07) is 72.3. The maximum absolute atomic E-state index is 5.39. The highest BCUT2D eigenvalue weighted by Crippen LogP contribution is 2.39. The molecule has 11 rings (SSSR count). The maximum Gasteiger partial charge on any atom is 0.155 e. The first-order chi connectivity index (χ1) is 29.2. The van der Waals surface area contributed by atoms with Gasteiger partial charge in [0.05, 0.1) is 33.8 Å². The molecule has 10 aromatic rings. The molecule has 4 heteroatoms. The molecule has 0 amide bonds. The van der Waals surface area contributed by atoms with Crippen LogP contribution in [0.15, 0.2) is 210 Å². The number of amidine groups is 1. The molecule has 0 spiro atoms. The topological polar surface area (TPSA) is 34.6 Å². The molecule has 3 heterocycles. The molecule has 2 aromatic heterocycles. The minimum atomic E-state index is 0.0379. The van der Waals surface area contributed by atoms with Gasteiger partial charge in [-0.2, -0.15) is 0 Å². The van der Waals surface area contributed by atoms with Crippen molar-refractivity contribution in [3.05, 3.63) is 217 Å². The van der Waals surface area contributed by atoms with Crippen LogP contribution in [0.4, 0.5) is 0 Å². The van der Waals surface area contributed by atoms with E-state index in [2.05, 4.69) is 216 Å². The summed E-state index contributed by atoms with van der Waals surface area (Å²) < 4.78 is 4.78. The van der Waals surface area contributed by atoms with E-state index in [0.717, 1.165) is 41.2 Å². The van der Waals surface area contributed by atoms with Crippen LogP contribution in [0.25, 0.3) is 66.1 Å². The van der Waals surface area contributed by atoms with Crippen molar-refractivity contribution in [2.24, 2.45) is 15.9 Å². The molecule has 0 N–H and O–H groups in total.